The van der Waals surface area contributed by atoms with Crippen molar-refractivity contribution in [2.45, 2.75) is 13.8 Å². The molecule has 0 atom stereocenters. The molecule has 0 bridgehead atoms. The highest BCUT2D eigenvalue weighted by molar-refractivity contribution is 6.98. The van der Waals surface area contributed by atoms with Crippen LogP contribution in [0.4, 0.5) is 17.1 Å². The van der Waals surface area contributed by atoms with E-state index in [1.54, 1.807) is 0 Å². The summed E-state index contributed by atoms with van der Waals surface area (Å²) in [5.41, 5.74) is 8.67. The van der Waals surface area contributed by atoms with Crippen LogP contribution >= 0.6 is 0 Å². The van der Waals surface area contributed by atoms with Crippen LogP contribution in [0.3, 0.4) is 0 Å². The molecule has 3 heterocycles. The number of fused-ring (bicyclic) bond motifs is 6. The molecule has 0 N–H and O–H groups in total. The van der Waals surface area contributed by atoms with Gasteiger partial charge in [-0.25, -0.2) is 0 Å². The molecule has 0 aromatic heterocycles. The Kier molecular flexibility index (Phi) is 4.13. The molecule has 3 aliphatic rings. The van der Waals surface area contributed by atoms with Gasteiger partial charge in [-0.1, -0.05) is 48.5 Å². The summed E-state index contributed by atoms with van der Waals surface area (Å²) in [5, 5.41) is 0. The molecule has 8 rings (SSSR count). The van der Waals surface area contributed by atoms with Crippen LogP contribution in [0.2, 0.25) is 0 Å². The third kappa shape index (κ3) is 2.97. The van der Waals surface area contributed by atoms with Gasteiger partial charge in [0, 0.05) is 17.6 Å². The van der Waals surface area contributed by atoms with Crippen LogP contribution in [0, 0.1) is 13.8 Å². The summed E-state index contributed by atoms with van der Waals surface area (Å²) in [7, 11) is 0. The number of hydrogen-bond donors (Lipinski definition) is 0. The zero-order chi connectivity index (χ0) is 24.7. The lowest BCUT2D eigenvalue weighted by molar-refractivity contribution is 0.463. The molecule has 0 radical (unpaired) electrons. The highest BCUT2D eigenvalue weighted by atomic mass is 16.5. The molecule has 37 heavy (non-hydrogen) atoms. The highest BCUT2D eigenvalue weighted by Crippen LogP contribution is 2.51. The summed E-state index contributed by atoms with van der Waals surface area (Å²) in [4.78, 5) is 2.23. The quantitative estimate of drug-likeness (QED) is 0.248. The molecule has 5 heteroatoms. The molecule has 0 amide bonds. The van der Waals surface area contributed by atoms with Crippen molar-refractivity contribution < 1.29 is 14.2 Å². The number of rotatable bonds is 1. The highest BCUT2D eigenvalue weighted by Gasteiger charge is 2.41. The lowest BCUT2D eigenvalue weighted by atomic mass is 9.35. The maximum Gasteiger partial charge on any atom is 0.260 e. The standard InChI is InChI=1S/C32H22BNO3/c1-19-11-13-22-28(15-19)36-30-17-21(18-31-32(30)33(22)23-14-12-20(2)16-29(23)37-31)34-24-7-3-5-9-26(24)35-27-10-6-4-8-25(27)34/h3-18H,1-2H3. The van der Waals surface area contributed by atoms with Crippen molar-refractivity contribution in [3.8, 4) is 34.5 Å². The minimum absolute atomic E-state index is 0.0528. The van der Waals surface area contributed by atoms with Crippen molar-refractivity contribution in [1.29, 1.82) is 0 Å². The summed E-state index contributed by atoms with van der Waals surface area (Å²) in [5.74, 6) is 5.07. The van der Waals surface area contributed by atoms with Gasteiger partial charge >= 0.3 is 0 Å². The monoisotopic (exact) mass is 479 g/mol. The molecule has 176 valence electrons. The molecule has 5 aromatic carbocycles. The molecule has 0 spiro atoms. The fourth-order valence-corrected chi connectivity index (χ4v) is 5.80. The molecule has 0 unspecified atom stereocenters. The van der Waals surface area contributed by atoms with Gasteiger partial charge in [0.2, 0.25) is 0 Å². The van der Waals surface area contributed by atoms with Crippen molar-refractivity contribution in [3.63, 3.8) is 0 Å². The van der Waals surface area contributed by atoms with E-state index in [9.17, 15) is 0 Å². The van der Waals surface area contributed by atoms with E-state index in [0.717, 1.165) is 57.0 Å². The second-order valence-electron chi connectivity index (χ2n) is 9.95. The van der Waals surface area contributed by atoms with Gasteiger partial charge in [-0.2, -0.15) is 0 Å². The Bertz CT molecular complexity index is 1640. The minimum atomic E-state index is 0.0528. The normalized spacial score (nSPS) is 13.7. The Labute approximate surface area is 215 Å². The number of hydrogen-bond acceptors (Lipinski definition) is 4. The summed E-state index contributed by atoms with van der Waals surface area (Å²) in [6.07, 6.45) is 0. The topological polar surface area (TPSA) is 30.9 Å². The van der Waals surface area contributed by atoms with E-state index in [0.29, 0.717) is 0 Å². The molecule has 0 saturated heterocycles. The molecule has 3 aliphatic heterocycles. The molecular weight excluding hydrogens is 457 g/mol. The van der Waals surface area contributed by atoms with E-state index < -0.39 is 0 Å². The Morgan fingerprint density at radius 2 is 1.00 bits per heavy atom. The average Bonchev–Trinajstić information content (AvgIpc) is 2.90. The fourth-order valence-electron chi connectivity index (χ4n) is 5.80. The van der Waals surface area contributed by atoms with Crippen LogP contribution in [-0.2, 0) is 0 Å². The van der Waals surface area contributed by atoms with E-state index in [2.05, 4.69) is 79.4 Å². The molecular formula is C32H22BNO3. The fraction of sp³-hybridized carbons (Fsp3) is 0.0625. The summed E-state index contributed by atoms with van der Waals surface area (Å²) in [6, 6.07) is 33.5. The van der Waals surface area contributed by atoms with Gasteiger partial charge in [-0.15, -0.1) is 0 Å². The lowest BCUT2D eigenvalue weighted by Gasteiger charge is -2.36. The first-order valence-corrected chi connectivity index (χ1v) is 12.5. The Balaban J connectivity index is 1.39. The van der Waals surface area contributed by atoms with E-state index >= 15 is 0 Å². The van der Waals surface area contributed by atoms with Gasteiger partial charge in [-0.05, 0) is 72.3 Å². The zero-order valence-corrected chi connectivity index (χ0v) is 20.5. The van der Waals surface area contributed by atoms with Gasteiger partial charge in [0.05, 0.1) is 17.1 Å². The van der Waals surface area contributed by atoms with Crippen molar-refractivity contribution in [3.05, 3.63) is 108 Å². The maximum absolute atomic E-state index is 6.61. The van der Waals surface area contributed by atoms with Gasteiger partial charge in [0.15, 0.2) is 11.5 Å². The first-order chi connectivity index (χ1) is 18.1. The predicted molar refractivity (Wildman–Crippen MR) is 148 cm³/mol. The smallest absolute Gasteiger partial charge is 0.260 e. The Morgan fingerprint density at radius 3 is 1.54 bits per heavy atom. The number of benzene rings is 5. The second kappa shape index (κ2) is 7.44. The molecule has 0 saturated carbocycles. The van der Waals surface area contributed by atoms with E-state index in [1.165, 1.54) is 22.1 Å². The first kappa shape index (κ1) is 20.5. The summed E-state index contributed by atoms with van der Waals surface area (Å²) >= 11 is 0. The second-order valence-corrected chi connectivity index (χ2v) is 9.95. The van der Waals surface area contributed by atoms with Gasteiger partial charge in [0.25, 0.3) is 6.71 Å². The number of para-hydroxylation sites is 4. The SMILES string of the molecule is Cc1ccc2c(c1)Oc1cc(N3c4ccccc4Oc4ccccc43)cc3c1B2c1ccc(C)cc1O3. The number of ether oxygens (including phenoxy) is 3. The maximum atomic E-state index is 6.61. The Hall–Kier alpha value is -4.64. The summed E-state index contributed by atoms with van der Waals surface area (Å²) in [6.45, 7) is 4.25. The molecule has 0 aliphatic carbocycles. The first-order valence-electron chi connectivity index (χ1n) is 12.5. The zero-order valence-electron chi connectivity index (χ0n) is 20.5. The molecule has 0 fully saturated rings. The van der Waals surface area contributed by atoms with Crippen molar-refractivity contribution in [1.82, 2.24) is 0 Å². The van der Waals surface area contributed by atoms with Crippen LogP contribution in [0.15, 0.2) is 97.1 Å². The van der Waals surface area contributed by atoms with Crippen molar-refractivity contribution in [2.75, 3.05) is 4.90 Å². The van der Waals surface area contributed by atoms with Crippen LogP contribution in [0.1, 0.15) is 11.1 Å². The van der Waals surface area contributed by atoms with E-state index in [4.69, 9.17) is 14.2 Å². The predicted octanol–water partition coefficient (Wildman–Crippen LogP) is 6.61. The van der Waals surface area contributed by atoms with E-state index in [-0.39, 0.29) is 6.71 Å². The lowest BCUT2D eigenvalue weighted by Crippen LogP contribution is -2.57. The number of aryl methyl sites for hydroxylation is 2. The van der Waals surface area contributed by atoms with Crippen molar-refractivity contribution in [2.24, 2.45) is 0 Å². The van der Waals surface area contributed by atoms with Crippen LogP contribution in [-0.4, -0.2) is 6.71 Å². The molecule has 5 aromatic rings. The van der Waals surface area contributed by atoms with Crippen molar-refractivity contribution >= 4 is 40.2 Å². The number of anilines is 3. The van der Waals surface area contributed by atoms with Gasteiger partial charge in [0.1, 0.15) is 23.0 Å². The largest absolute Gasteiger partial charge is 0.458 e. The van der Waals surface area contributed by atoms with Crippen LogP contribution in [0.25, 0.3) is 0 Å². The van der Waals surface area contributed by atoms with Gasteiger partial charge < -0.3 is 19.1 Å². The van der Waals surface area contributed by atoms with Crippen LogP contribution < -0.4 is 35.5 Å². The van der Waals surface area contributed by atoms with Crippen LogP contribution in [0.5, 0.6) is 34.5 Å². The third-order valence-corrected chi connectivity index (χ3v) is 7.47. The summed E-state index contributed by atoms with van der Waals surface area (Å²) < 4.78 is 19.5. The minimum Gasteiger partial charge on any atom is -0.458 e. The number of nitrogens with zero attached hydrogens (tertiary/aromatic N) is 1. The Morgan fingerprint density at radius 1 is 0.514 bits per heavy atom. The van der Waals surface area contributed by atoms with E-state index in [1.807, 2.05) is 36.4 Å². The average molecular weight is 479 g/mol. The van der Waals surface area contributed by atoms with Gasteiger partial charge in [-0.3, -0.25) is 0 Å². The third-order valence-electron chi connectivity index (χ3n) is 7.47. The molecule has 4 nitrogen and oxygen atoms in total.